The number of aryl methyl sites for hydroxylation is 1. The molecule has 104 valence electrons. The van der Waals surface area contributed by atoms with Crippen molar-refractivity contribution < 1.29 is 0 Å². The normalized spacial score (nSPS) is 28.1. The maximum Gasteiger partial charge on any atom is 0.111 e. The van der Waals surface area contributed by atoms with Crippen LogP contribution in [0.1, 0.15) is 43.5 Å². The number of aromatic amines is 1. The SMILES string of the molecule is CCc1ccc(-c2cnc(C3CC4CCC3N4)[nH]2)cc1. The van der Waals surface area contributed by atoms with Gasteiger partial charge in [0.15, 0.2) is 0 Å². The first kappa shape index (κ1) is 12.2. The van der Waals surface area contributed by atoms with Crippen molar-refractivity contribution >= 4 is 0 Å². The van der Waals surface area contributed by atoms with E-state index in [1.807, 2.05) is 6.20 Å². The molecule has 2 N–H and O–H groups in total. The zero-order chi connectivity index (χ0) is 13.5. The van der Waals surface area contributed by atoms with Crippen molar-refractivity contribution in [2.45, 2.75) is 50.6 Å². The topological polar surface area (TPSA) is 40.7 Å². The van der Waals surface area contributed by atoms with E-state index >= 15 is 0 Å². The Morgan fingerprint density at radius 2 is 2.05 bits per heavy atom. The van der Waals surface area contributed by atoms with Crippen LogP contribution in [0.3, 0.4) is 0 Å². The molecule has 2 saturated heterocycles. The average molecular weight is 267 g/mol. The number of benzene rings is 1. The van der Waals surface area contributed by atoms with Crippen LogP contribution in [-0.4, -0.2) is 22.1 Å². The van der Waals surface area contributed by atoms with Gasteiger partial charge in [-0.3, -0.25) is 0 Å². The van der Waals surface area contributed by atoms with Crippen molar-refractivity contribution in [2.75, 3.05) is 0 Å². The predicted octanol–water partition coefficient (Wildman–Crippen LogP) is 3.25. The van der Waals surface area contributed by atoms with E-state index in [2.05, 4.69) is 46.5 Å². The lowest BCUT2D eigenvalue weighted by Crippen LogP contribution is -2.22. The molecule has 0 spiro atoms. The number of imidazole rings is 1. The zero-order valence-electron chi connectivity index (χ0n) is 11.9. The molecule has 1 aromatic carbocycles. The Bertz CT molecular complexity index is 599. The largest absolute Gasteiger partial charge is 0.342 e. The number of nitrogens with zero attached hydrogens (tertiary/aromatic N) is 1. The first-order valence-corrected chi connectivity index (χ1v) is 7.73. The van der Waals surface area contributed by atoms with Crippen LogP contribution in [0.15, 0.2) is 30.5 Å². The summed E-state index contributed by atoms with van der Waals surface area (Å²) in [7, 11) is 0. The van der Waals surface area contributed by atoms with Gasteiger partial charge in [0, 0.05) is 18.0 Å². The van der Waals surface area contributed by atoms with Gasteiger partial charge in [0.25, 0.3) is 0 Å². The first-order chi connectivity index (χ1) is 9.83. The minimum Gasteiger partial charge on any atom is -0.342 e. The van der Waals surface area contributed by atoms with E-state index in [4.69, 9.17) is 0 Å². The highest BCUT2D eigenvalue weighted by molar-refractivity contribution is 5.59. The van der Waals surface area contributed by atoms with Gasteiger partial charge in [-0.2, -0.15) is 0 Å². The van der Waals surface area contributed by atoms with E-state index in [0.29, 0.717) is 12.0 Å². The van der Waals surface area contributed by atoms with Crippen LogP contribution in [0.5, 0.6) is 0 Å². The van der Waals surface area contributed by atoms with Crippen LogP contribution in [0.25, 0.3) is 11.3 Å². The smallest absolute Gasteiger partial charge is 0.111 e. The molecule has 2 aliphatic heterocycles. The van der Waals surface area contributed by atoms with Crippen LogP contribution < -0.4 is 5.32 Å². The monoisotopic (exact) mass is 267 g/mol. The third-order valence-electron chi connectivity index (χ3n) is 4.92. The standard InChI is InChI=1S/C17H21N3/c1-2-11-3-5-12(6-4-11)16-10-18-17(20-16)14-9-13-7-8-15(14)19-13/h3-6,10,13-15,19H,2,7-9H2,1H3,(H,18,20). The molecule has 3 nitrogen and oxygen atoms in total. The van der Waals surface area contributed by atoms with Crippen LogP contribution >= 0.6 is 0 Å². The second-order valence-electron chi connectivity index (χ2n) is 6.12. The summed E-state index contributed by atoms with van der Waals surface area (Å²) < 4.78 is 0. The molecule has 0 radical (unpaired) electrons. The Hall–Kier alpha value is -1.61. The molecule has 3 heterocycles. The third-order valence-corrected chi connectivity index (χ3v) is 4.92. The lowest BCUT2D eigenvalue weighted by molar-refractivity contribution is 0.490. The first-order valence-electron chi connectivity index (χ1n) is 7.73. The lowest BCUT2D eigenvalue weighted by Gasteiger charge is -2.17. The summed E-state index contributed by atoms with van der Waals surface area (Å²) in [6.07, 6.45) is 6.96. The molecule has 3 unspecified atom stereocenters. The van der Waals surface area contributed by atoms with Crippen molar-refractivity contribution in [3.63, 3.8) is 0 Å². The molecule has 2 bridgehead atoms. The molecule has 1 aromatic heterocycles. The number of nitrogens with one attached hydrogen (secondary N) is 2. The fourth-order valence-electron chi connectivity index (χ4n) is 3.72. The van der Waals surface area contributed by atoms with E-state index in [9.17, 15) is 0 Å². The van der Waals surface area contributed by atoms with Gasteiger partial charge in [-0.05, 0) is 36.8 Å². The van der Waals surface area contributed by atoms with Gasteiger partial charge < -0.3 is 10.3 Å². The van der Waals surface area contributed by atoms with Gasteiger partial charge in [-0.1, -0.05) is 31.2 Å². The second-order valence-corrected chi connectivity index (χ2v) is 6.12. The van der Waals surface area contributed by atoms with Crippen LogP contribution in [-0.2, 0) is 6.42 Å². The quantitative estimate of drug-likeness (QED) is 0.896. The lowest BCUT2D eigenvalue weighted by atomic mass is 9.89. The summed E-state index contributed by atoms with van der Waals surface area (Å²) in [6, 6.07) is 10.2. The fourth-order valence-corrected chi connectivity index (χ4v) is 3.72. The maximum absolute atomic E-state index is 4.64. The average Bonchev–Trinajstić information content (AvgIpc) is 3.23. The molecule has 3 atom stereocenters. The summed E-state index contributed by atoms with van der Waals surface area (Å²) in [5, 5.41) is 3.68. The minimum absolute atomic E-state index is 0.581. The Morgan fingerprint density at radius 1 is 1.20 bits per heavy atom. The Balaban J connectivity index is 1.58. The van der Waals surface area contributed by atoms with Crippen molar-refractivity contribution in [3.8, 4) is 11.3 Å². The van der Waals surface area contributed by atoms with E-state index in [-0.39, 0.29) is 0 Å². The highest BCUT2D eigenvalue weighted by Crippen LogP contribution is 2.39. The molecule has 2 aliphatic rings. The summed E-state index contributed by atoms with van der Waals surface area (Å²) >= 11 is 0. The van der Waals surface area contributed by atoms with Gasteiger partial charge in [0.2, 0.25) is 0 Å². The molecular weight excluding hydrogens is 246 g/mol. The van der Waals surface area contributed by atoms with Gasteiger partial charge >= 0.3 is 0 Å². The van der Waals surface area contributed by atoms with E-state index in [1.165, 1.54) is 36.2 Å². The summed E-state index contributed by atoms with van der Waals surface area (Å²) in [6.45, 7) is 2.19. The molecular formula is C17H21N3. The minimum atomic E-state index is 0.581. The van der Waals surface area contributed by atoms with Crippen LogP contribution in [0.4, 0.5) is 0 Å². The Morgan fingerprint density at radius 3 is 2.70 bits per heavy atom. The van der Waals surface area contributed by atoms with E-state index < -0.39 is 0 Å². The van der Waals surface area contributed by atoms with Gasteiger partial charge in [-0.25, -0.2) is 4.98 Å². The van der Waals surface area contributed by atoms with Gasteiger partial charge in [0.05, 0.1) is 11.9 Å². The van der Waals surface area contributed by atoms with Crippen LogP contribution in [0.2, 0.25) is 0 Å². The summed E-state index contributed by atoms with van der Waals surface area (Å²) in [5.41, 5.74) is 3.76. The molecule has 0 saturated carbocycles. The number of H-pyrrole nitrogens is 1. The highest BCUT2D eigenvalue weighted by Gasteiger charge is 2.41. The Kier molecular flexibility index (Phi) is 2.88. The van der Waals surface area contributed by atoms with E-state index in [1.54, 1.807) is 0 Å². The third kappa shape index (κ3) is 1.97. The summed E-state index contributed by atoms with van der Waals surface area (Å²) in [5.74, 6) is 1.75. The molecule has 0 aliphatic carbocycles. The van der Waals surface area contributed by atoms with Crippen LogP contribution in [0, 0.1) is 0 Å². The number of hydrogen-bond acceptors (Lipinski definition) is 2. The number of hydrogen-bond donors (Lipinski definition) is 2. The molecule has 2 aromatic rings. The molecule has 20 heavy (non-hydrogen) atoms. The number of aromatic nitrogens is 2. The van der Waals surface area contributed by atoms with Gasteiger partial charge in [0.1, 0.15) is 5.82 Å². The maximum atomic E-state index is 4.64. The number of fused-ring (bicyclic) bond motifs is 2. The molecule has 0 amide bonds. The molecule has 2 fully saturated rings. The fraction of sp³-hybridized carbons (Fsp3) is 0.471. The van der Waals surface area contributed by atoms with E-state index in [0.717, 1.165) is 18.2 Å². The van der Waals surface area contributed by atoms with Gasteiger partial charge in [-0.15, -0.1) is 0 Å². The van der Waals surface area contributed by atoms with Crippen molar-refractivity contribution in [2.24, 2.45) is 0 Å². The summed E-state index contributed by atoms with van der Waals surface area (Å²) in [4.78, 5) is 8.18. The second kappa shape index (κ2) is 4.74. The molecule has 3 heteroatoms. The highest BCUT2D eigenvalue weighted by atomic mass is 15.1. The van der Waals surface area contributed by atoms with Crippen molar-refractivity contribution in [1.29, 1.82) is 0 Å². The predicted molar refractivity (Wildman–Crippen MR) is 80.7 cm³/mol. The zero-order valence-corrected chi connectivity index (χ0v) is 11.9. The van der Waals surface area contributed by atoms with Crippen molar-refractivity contribution in [3.05, 3.63) is 41.9 Å². The molecule has 4 rings (SSSR count). The number of rotatable bonds is 3. The Labute approximate surface area is 119 Å². The van der Waals surface area contributed by atoms with Crippen molar-refractivity contribution in [1.82, 2.24) is 15.3 Å².